The highest BCUT2D eigenvalue weighted by molar-refractivity contribution is 7.10. The third-order valence-electron chi connectivity index (χ3n) is 5.47. The maximum Gasteiger partial charge on any atom is 0.225 e. The molecule has 0 bridgehead atoms. The monoisotopic (exact) mass is 377 g/mol. The van der Waals surface area contributed by atoms with Crippen LogP contribution in [0.5, 0.6) is 0 Å². The summed E-state index contributed by atoms with van der Waals surface area (Å²) in [5.74, 6) is 1.56. The summed E-state index contributed by atoms with van der Waals surface area (Å²) >= 11 is 1.77. The first-order valence-corrected chi connectivity index (χ1v) is 10.5. The summed E-state index contributed by atoms with van der Waals surface area (Å²) in [4.78, 5) is 22.4. The summed E-state index contributed by atoms with van der Waals surface area (Å²) in [6.07, 6.45) is 3.42. The number of carbonyl (C=O) groups is 1. The van der Waals surface area contributed by atoms with E-state index in [0.717, 1.165) is 64.6 Å². The molecule has 2 N–H and O–H groups in total. The van der Waals surface area contributed by atoms with E-state index in [2.05, 4.69) is 43.8 Å². The Balaban J connectivity index is 1.31. The Morgan fingerprint density at radius 2 is 2.04 bits per heavy atom. The van der Waals surface area contributed by atoms with Crippen molar-refractivity contribution < 1.29 is 4.79 Å². The highest BCUT2D eigenvalue weighted by Crippen LogP contribution is 2.28. The first-order valence-electron chi connectivity index (χ1n) is 9.66. The van der Waals surface area contributed by atoms with Crippen LogP contribution in [0.25, 0.3) is 0 Å². The summed E-state index contributed by atoms with van der Waals surface area (Å²) < 4.78 is 0. The fourth-order valence-electron chi connectivity index (χ4n) is 3.41. The quantitative estimate of drug-likeness (QED) is 0.585. The summed E-state index contributed by atoms with van der Waals surface area (Å²) in [6.45, 7) is 8.48. The topological polar surface area (TPSA) is 60.0 Å². The van der Waals surface area contributed by atoms with Gasteiger partial charge in [0.25, 0.3) is 0 Å². The molecule has 7 heteroatoms. The Bertz CT molecular complexity index is 617. The van der Waals surface area contributed by atoms with Crippen LogP contribution in [0.1, 0.15) is 29.7 Å². The summed E-state index contributed by atoms with van der Waals surface area (Å²) in [7, 11) is 1.81. The van der Waals surface area contributed by atoms with Gasteiger partial charge in [-0.3, -0.25) is 14.7 Å². The third kappa shape index (κ3) is 4.98. The van der Waals surface area contributed by atoms with Crippen LogP contribution in [-0.4, -0.2) is 68.0 Å². The zero-order valence-electron chi connectivity index (χ0n) is 16.0. The van der Waals surface area contributed by atoms with Crippen LogP contribution in [0.3, 0.4) is 0 Å². The molecule has 2 aliphatic rings. The van der Waals surface area contributed by atoms with Crippen LogP contribution in [-0.2, 0) is 11.3 Å². The van der Waals surface area contributed by atoms with E-state index in [1.54, 1.807) is 18.4 Å². The molecule has 6 nitrogen and oxygen atoms in total. The van der Waals surface area contributed by atoms with Gasteiger partial charge in [-0.05, 0) is 36.8 Å². The Hall–Kier alpha value is -1.60. The second-order valence-electron chi connectivity index (χ2n) is 7.17. The number of thiophene rings is 1. The number of piperazine rings is 1. The number of nitrogens with one attached hydrogen (secondary N) is 2. The molecule has 144 valence electrons. The molecule has 0 radical (unpaired) electrons. The Morgan fingerprint density at radius 1 is 1.27 bits per heavy atom. The summed E-state index contributed by atoms with van der Waals surface area (Å²) in [5.41, 5.74) is 1.33. The van der Waals surface area contributed by atoms with Crippen LogP contribution in [0.2, 0.25) is 0 Å². The van der Waals surface area contributed by atoms with Crippen molar-refractivity contribution in [3.8, 4) is 0 Å². The molecule has 1 amide bonds. The van der Waals surface area contributed by atoms with E-state index in [4.69, 9.17) is 0 Å². The second-order valence-corrected chi connectivity index (χ2v) is 8.17. The molecule has 1 saturated heterocycles. The van der Waals surface area contributed by atoms with Crippen molar-refractivity contribution in [2.45, 2.75) is 32.7 Å². The average molecular weight is 378 g/mol. The number of aryl methyl sites for hydroxylation is 1. The van der Waals surface area contributed by atoms with Crippen LogP contribution in [0.4, 0.5) is 0 Å². The van der Waals surface area contributed by atoms with Crippen LogP contribution in [0.15, 0.2) is 16.4 Å². The fourth-order valence-corrected chi connectivity index (χ4v) is 4.25. The lowest BCUT2D eigenvalue weighted by Crippen LogP contribution is -2.52. The molecule has 3 rings (SSSR count). The van der Waals surface area contributed by atoms with Crippen LogP contribution >= 0.6 is 11.3 Å². The molecule has 0 aromatic carbocycles. The standard InChI is InChI=1S/C19H31N5OS/c1-15-6-13-26-17(15)14-22-19(20-2)21-7-8-23-9-11-24(12-10-23)18(25)16-4-3-5-16/h6,13,16H,3-5,7-12,14H2,1-2H3,(H2,20,21,22). The maximum atomic E-state index is 12.3. The first kappa shape index (κ1) is 19.2. The minimum absolute atomic E-state index is 0.324. The maximum absolute atomic E-state index is 12.3. The van der Waals surface area contributed by atoms with E-state index < -0.39 is 0 Å². The molecule has 1 aliphatic heterocycles. The average Bonchev–Trinajstić information content (AvgIpc) is 3.02. The largest absolute Gasteiger partial charge is 0.355 e. The van der Waals surface area contributed by atoms with Crippen molar-refractivity contribution in [1.82, 2.24) is 20.4 Å². The van der Waals surface area contributed by atoms with Gasteiger partial charge in [0.15, 0.2) is 5.96 Å². The van der Waals surface area contributed by atoms with Crippen LogP contribution in [0, 0.1) is 12.8 Å². The molecule has 2 fully saturated rings. The van der Waals surface area contributed by atoms with Crippen molar-refractivity contribution in [3.63, 3.8) is 0 Å². The second kappa shape index (κ2) is 9.37. The Morgan fingerprint density at radius 3 is 2.62 bits per heavy atom. The van der Waals surface area contributed by atoms with Crippen LogP contribution < -0.4 is 10.6 Å². The van der Waals surface area contributed by atoms with Gasteiger partial charge in [-0.15, -0.1) is 11.3 Å². The van der Waals surface area contributed by atoms with Crippen molar-refractivity contribution in [2.24, 2.45) is 10.9 Å². The molecule has 2 heterocycles. The lowest BCUT2D eigenvalue weighted by Gasteiger charge is -2.38. The van der Waals surface area contributed by atoms with Gasteiger partial charge in [0.05, 0.1) is 6.54 Å². The van der Waals surface area contributed by atoms with Gasteiger partial charge in [-0.2, -0.15) is 0 Å². The zero-order chi connectivity index (χ0) is 18.4. The van der Waals surface area contributed by atoms with Gasteiger partial charge in [-0.25, -0.2) is 0 Å². The van der Waals surface area contributed by atoms with E-state index in [1.807, 2.05) is 0 Å². The highest BCUT2D eigenvalue weighted by atomic mass is 32.1. The lowest BCUT2D eigenvalue weighted by molar-refractivity contribution is -0.139. The molecule has 1 saturated carbocycles. The van der Waals surface area contributed by atoms with E-state index in [1.165, 1.54) is 16.9 Å². The number of amides is 1. The number of aliphatic imine (C=N–C) groups is 1. The smallest absolute Gasteiger partial charge is 0.225 e. The minimum Gasteiger partial charge on any atom is -0.355 e. The lowest BCUT2D eigenvalue weighted by atomic mass is 9.84. The Kier molecular flexibility index (Phi) is 6.91. The van der Waals surface area contributed by atoms with Crippen molar-refractivity contribution in [2.75, 3.05) is 46.3 Å². The highest BCUT2D eigenvalue weighted by Gasteiger charge is 2.30. The van der Waals surface area contributed by atoms with Gasteiger partial charge in [0, 0.05) is 57.1 Å². The van der Waals surface area contributed by atoms with Gasteiger partial charge in [0.1, 0.15) is 0 Å². The molecule has 0 atom stereocenters. The van der Waals surface area contributed by atoms with Gasteiger partial charge < -0.3 is 15.5 Å². The molecular formula is C19H31N5OS. The SMILES string of the molecule is CN=C(NCCN1CCN(C(=O)C2CCC2)CC1)NCc1sccc1C. The molecule has 26 heavy (non-hydrogen) atoms. The van der Waals surface area contributed by atoms with Gasteiger partial charge in [-0.1, -0.05) is 6.42 Å². The summed E-state index contributed by atoms with van der Waals surface area (Å²) in [6, 6.07) is 2.15. The predicted octanol–water partition coefficient (Wildman–Crippen LogP) is 1.67. The fraction of sp³-hybridized carbons (Fsp3) is 0.684. The summed E-state index contributed by atoms with van der Waals surface area (Å²) in [5, 5.41) is 8.89. The van der Waals surface area contributed by atoms with Crippen molar-refractivity contribution in [3.05, 3.63) is 21.9 Å². The minimum atomic E-state index is 0.324. The van der Waals surface area contributed by atoms with E-state index >= 15 is 0 Å². The number of hydrogen-bond acceptors (Lipinski definition) is 4. The third-order valence-corrected chi connectivity index (χ3v) is 6.49. The molecule has 0 unspecified atom stereocenters. The number of hydrogen-bond donors (Lipinski definition) is 2. The zero-order valence-corrected chi connectivity index (χ0v) is 16.8. The number of guanidine groups is 1. The van der Waals surface area contributed by atoms with Crippen molar-refractivity contribution in [1.29, 1.82) is 0 Å². The normalized spacial score (nSPS) is 19.3. The first-order chi connectivity index (χ1) is 12.7. The van der Waals surface area contributed by atoms with E-state index in [-0.39, 0.29) is 0 Å². The number of rotatable bonds is 6. The Labute approximate surface area is 160 Å². The predicted molar refractivity (Wildman–Crippen MR) is 108 cm³/mol. The molecule has 1 aromatic heterocycles. The molecule has 1 aromatic rings. The number of nitrogens with zero attached hydrogens (tertiary/aromatic N) is 3. The van der Waals surface area contributed by atoms with E-state index in [9.17, 15) is 4.79 Å². The van der Waals surface area contributed by atoms with E-state index in [0.29, 0.717) is 11.8 Å². The van der Waals surface area contributed by atoms with Gasteiger partial charge in [0.2, 0.25) is 5.91 Å². The number of carbonyl (C=O) groups excluding carboxylic acids is 1. The molecule has 1 aliphatic carbocycles. The molecule has 0 spiro atoms. The van der Waals surface area contributed by atoms with Gasteiger partial charge >= 0.3 is 0 Å². The van der Waals surface area contributed by atoms with Crippen molar-refractivity contribution >= 4 is 23.2 Å². The molecular weight excluding hydrogens is 346 g/mol.